The topological polar surface area (TPSA) is 80.4 Å². The second kappa shape index (κ2) is 3.91. The van der Waals surface area contributed by atoms with Crippen LogP contribution in [0.4, 0.5) is 5.69 Å². The summed E-state index contributed by atoms with van der Waals surface area (Å²) in [6.45, 7) is 1.24. The molecule has 1 rings (SSSR count). The molecule has 0 aliphatic heterocycles. The van der Waals surface area contributed by atoms with E-state index in [1.807, 2.05) is 0 Å². The van der Waals surface area contributed by atoms with Gasteiger partial charge in [-0.3, -0.25) is 9.59 Å². The lowest BCUT2D eigenvalue weighted by molar-refractivity contribution is -0.142. The summed E-state index contributed by atoms with van der Waals surface area (Å²) in [6, 6.07) is 6.48. The Morgan fingerprint density at radius 1 is 1.36 bits per heavy atom. The fourth-order valence-electron chi connectivity index (χ4n) is 1.30. The number of hydrogen-bond donors (Lipinski definition) is 2. The van der Waals surface area contributed by atoms with Gasteiger partial charge in [-0.05, 0) is 18.6 Å². The van der Waals surface area contributed by atoms with Gasteiger partial charge in [-0.15, -0.1) is 0 Å². The first-order valence-corrected chi connectivity index (χ1v) is 4.11. The molecular formula is C10H11NO3. The van der Waals surface area contributed by atoms with Gasteiger partial charge in [-0.1, -0.05) is 18.2 Å². The maximum absolute atomic E-state index is 11.1. The Morgan fingerprint density at radius 3 is 2.36 bits per heavy atom. The van der Waals surface area contributed by atoms with Crippen molar-refractivity contribution >= 4 is 17.4 Å². The van der Waals surface area contributed by atoms with Crippen LogP contribution in [0, 0.1) is 0 Å². The lowest BCUT2D eigenvalue weighted by Gasteiger charge is -2.11. The van der Waals surface area contributed by atoms with Crippen LogP contribution in [0.5, 0.6) is 0 Å². The van der Waals surface area contributed by atoms with Crippen LogP contribution in [0.15, 0.2) is 24.3 Å². The number of nitrogens with two attached hydrogens (primary N) is 1. The van der Waals surface area contributed by atoms with Gasteiger partial charge in [0, 0.05) is 5.69 Å². The van der Waals surface area contributed by atoms with Gasteiger partial charge in [0.2, 0.25) is 0 Å². The molecule has 0 aliphatic rings. The van der Waals surface area contributed by atoms with Gasteiger partial charge in [-0.25, -0.2) is 0 Å². The van der Waals surface area contributed by atoms with Crippen LogP contribution >= 0.6 is 0 Å². The van der Waals surface area contributed by atoms with Crippen LogP contribution < -0.4 is 5.73 Å². The van der Waals surface area contributed by atoms with Crippen LogP contribution in [0.3, 0.4) is 0 Å². The second-order valence-corrected chi connectivity index (χ2v) is 3.01. The van der Waals surface area contributed by atoms with Crippen molar-refractivity contribution in [2.75, 3.05) is 5.73 Å². The third-order valence-corrected chi connectivity index (χ3v) is 1.96. The molecule has 0 heterocycles. The van der Waals surface area contributed by atoms with Crippen molar-refractivity contribution < 1.29 is 14.7 Å². The number of rotatable bonds is 3. The molecule has 1 aromatic rings. The largest absolute Gasteiger partial charge is 0.480 e. The highest BCUT2D eigenvalue weighted by Gasteiger charge is 2.26. The molecule has 3 N–H and O–H groups in total. The van der Waals surface area contributed by atoms with Crippen molar-refractivity contribution in [2.45, 2.75) is 12.8 Å². The molecule has 4 nitrogen and oxygen atoms in total. The van der Waals surface area contributed by atoms with Gasteiger partial charge < -0.3 is 10.8 Å². The number of carbonyl (C=O) groups is 2. The zero-order chi connectivity index (χ0) is 10.7. The smallest absolute Gasteiger partial charge is 0.318 e. The molecular weight excluding hydrogens is 182 g/mol. The first-order valence-electron chi connectivity index (χ1n) is 4.11. The minimum absolute atomic E-state index is 0.329. The van der Waals surface area contributed by atoms with Crippen molar-refractivity contribution in [2.24, 2.45) is 0 Å². The average molecular weight is 193 g/mol. The lowest BCUT2D eigenvalue weighted by Crippen LogP contribution is -2.20. The number of carboxylic acids is 1. The van der Waals surface area contributed by atoms with E-state index in [9.17, 15) is 9.59 Å². The molecule has 1 aromatic carbocycles. The van der Waals surface area contributed by atoms with E-state index in [1.54, 1.807) is 24.3 Å². The average Bonchev–Trinajstić information content (AvgIpc) is 2.07. The number of carboxylic acid groups (broad SMARTS) is 1. The van der Waals surface area contributed by atoms with E-state index in [1.165, 1.54) is 6.92 Å². The Morgan fingerprint density at radius 2 is 1.93 bits per heavy atom. The Hall–Kier alpha value is -1.84. The highest BCUT2D eigenvalue weighted by atomic mass is 16.4. The molecule has 1 atom stereocenters. The maximum Gasteiger partial charge on any atom is 0.318 e. The zero-order valence-corrected chi connectivity index (χ0v) is 7.73. The molecule has 0 aromatic heterocycles. The van der Waals surface area contributed by atoms with Crippen LogP contribution in [-0.2, 0) is 9.59 Å². The zero-order valence-electron chi connectivity index (χ0n) is 7.73. The van der Waals surface area contributed by atoms with Gasteiger partial charge in [0.25, 0.3) is 0 Å². The molecule has 0 saturated heterocycles. The number of carbonyl (C=O) groups excluding carboxylic acids is 1. The molecule has 0 bridgehead atoms. The summed E-state index contributed by atoms with van der Waals surface area (Å²) < 4.78 is 0. The first-order chi connectivity index (χ1) is 6.54. The number of aliphatic carboxylic acids is 1. The summed E-state index contributed by atoms with van der Waals surface area (Å²) in [5, 5.41) is 8.85. The third kappa shape index (κ3) is 1.90. The van der Waals surface area contributed by atoms with Crippen LogP contribution in [-0.4, -0.2) is 16.9 Å². The molecule has 0 spiro atoms. The molecule has 1 unspecified atom stereocenters. The predicted molar refractivity (Wildman–Crippen MR) is 51.9 cm³/mol. The van der Waals surface area contributed by atoms with Gasteiger partial charge in [0.15, 0.2) is 0 Å². The molecule has 0 aliphatic carbocycles. The standard InChI is InChI=1S/C10H11NO3/c1-6(12)9(10(13)14)7-4-2-3-5-8(7)11/h2-5,9H,11H2,1H3,(H,13,14). The van der Waals surface area contributed by atoms with Crippen molar-refractivity contribution in [1.29, 1.82) is 0 Å². The summed E-state index contributed by atoms with van der Waals surface area (Å²) in [6.07, 6.45) is 0. The highest BCUT2D eigenvalue weighted by molar-refractivity contribution is 6.03. The van der Waals surface area contributed by atoms with Crippen LogP contribution in [0.1, 0.15) is 18.4 Å². The molecule has 74 valence electrons. The van der Waals surface area contributed by atoms with Crippen LogP contribution in [0.2, 0.25) is 0 Å². The van der Waals surface area contributed by atoms with Gasteiger partial charge in [0.05, 0.1) is 0 Å². The molecule has 0 amide bonds. The summed E-state index contributed by atoms with van der Waals surface area (Å²) in [7, 11) is 0. The number of ketones is 1. The van der Waals surface area contributed by atoms with Crippen molar-refractivity contribution in [1.82, 2.24) is 0 Å². The molecule has 0 fully saturated rings. The highest BCUT2D eigenvalue weighted by Crippen LogP contribution is 2.23. The maximum atomic E-state index is 11.1. The number of anilines is 1. The number of hydrogen-bond acceptors (Lipinski definition) is 3. The Labute approximate surface area is 81.3 Å². The van der Waals surface area contributed by atoms with E-state index in [0.717, 1.165) is 0 Å². The molecule has 4 heteroatoms. The molecule has 14 heavy (non-hydrogen) atoms. The van der Waals surface area contributed by atoms with E-state index in [0.29, 0.717) is 11.3 Å². The number of para-hydroxylation sites is 1. The molecule has 0 saturated carbocycles. The Balaban J connectivity index is 3.18. The van der Waals surface area contributed by atoms with E-state index in [-0.39, 0.29) is 0 Å². The second-order valence-electron chi connectivity index (χ2n) is 3.01. The normalized spacial score (nSPS) is 12.1. The van der Waals surface area contributed by atoms with Gasteiger partial charge in [0.1, 0.15) is 11.7 Å². The summed E-state index contributed by atoms with van der Waals surface area (Å²) in [4.78, 5) is 21.9. The Bertz CT molecular complexity index is 359. The lowest BCUT2D eigenvalue weighted by atomic mass is 9.94. The summed E-state index contributed by atoms with van der Waals surface area (Å²) in [5.41, 5.74) is 6.26. The van der Waals surface area contributed by atoms with Gasteiger partial charge in [-0.2, -0.15) is 0 Å². The first kappa shape index (κ1) is 10.2. The SMILES string of the molecule is CC(=O)C(C(=O)O)c1ccccc1N. The molecule has 0 radical (unpaired) electrons. The number of Topliss-reactive ketones (excluding diaryl/α,β-unsaturated/α-hetero) is 1. The summed E-state index contributed by atoms with van der Waals surface area (Å²) in [5.74, 6) is -2.75. The van der Waals surface area contributed by atoms with E-state index in [2.05, 4.69) is 0 Å². The summed E-state index contributed by atoms with van der Waals surface area (Å²) >= 11 is 0. The predicted octanol–water partition coefficient (Wildman–Crippen LogP) is 1.03. The number of nitrogen functional groups attached to an aromatic ring is 1. The minimum atomic E-state index is -1.17. The Kier molecular flexibility index (Phi) is 2.86. The fourth-order valence-corrected chi connectivity index (χ4v) is 1.30. The van der Waals surface area contributed by atoms with Crippen LogP contribution in [0.25, 0.3) is 0 Å². The van der Waals surface area contributed by atoms with Crippen molar-refractivity contribution in [3.05, 3.63) is 29.8 Å². The fraction of sp³-hybridized carbons (Fsp3) is 0.200. The number of benzene rings is 1. The monoisotopic (exact) mass is 193 g/mol. The van der Waals surface area contributed by atoms with E-state index < -0.39 is 17.7 Å². The quantitative estimate of drug-likeness (QED) is 0.555. The van der Waals surface area contributed by atoms with E-state index in [4.69, 9.17) is 10.8 Å². The van der Waals surface area contributed by atoms with Gasteiger partial charge >= 0.3 is 5.97 Å². The van der Waals surface area contributed by atoms with Crippen molar-refractivity contribution in [3.63, 3.8) is 0 Å². The third-order valence-electron chi connectivity index (χ3n) is 1.96. The minimum Gasteiger partial charge on any atom is -0.480 e. The van der Waals surface area contributed by atoms with Crippen molar-refractivity contribution in [3.8, 4) is 0 Å². The van der Waals surface area contributed by atoms with E-state index >= 15 is 0 Å².